The third kappa shape index (κ3) is 22.7. The molecule has 5 N–H and O–H groups in total. The molecule has 15 rings (SSSR count). The normalized spacial score (nSPS) is 29.1. The zero-order valence-electron chi connectivity index (χ0n) is 72.4. The Hall–Kier alpha value is -7.60. The molecular formula is C92H121F2N11O11S5. The molecule has 3 aromatic carbocycles. The summed E-state index contributed by atoms with van der Waals surface area (Å²) in [7, 11) is 3.33. The standard InChI is InChI=1S/C21H31N3O3S.C20H29N3O3S.C19H20N2O2S.C16H19F2NOS.C16H22N2O2S/c1-21(12-13-4-6-24(7-5-13)19(26)11-17(22)25)20(27)23-18(28-21)10-16-9-14-2-3-15(16)8-14;1-20(15-4-6-23(7-5-15)18(25)11-16(21)24)19(26)22-17(27-20)10-14-9-12-2-3-13(14)8-12;1-13(15-6-4-5-7-16(15)23-3)12-17-21-18(22)19(2,24-17)14-8-10-20-11-9-14;1-10(11-5-7-12(17)8-6-11)9-13-19-14(20)16(4,21-13)15(2,3)18;1-10(2)16(4)14(19)18-15(21-16)17-11(3)12-8-6-7-9-13(12)20-5/h13-16H,2-12H2,1H3,(H2,22,25);12-15H,2-11H2,1H3,(H2,21,24);4-11,13H,12H2,1-3H3;5-8,10H,9H2,1-4H3;6-11H,1-5H3,(H,17,18,19)/t14-,15+,16-,21?;12-,13+,14-,20?;13-,19?;10-,16?;11-,16?/m11110/s1. The number of thioether (sulfide) groups is 5. The number of pyridine rings is 1. The Kier molecular flexibility index (Phi) is 31.2. The molecule has 7 aliphatic heterocycles. The molecule has 4 bridgehead atoms. The molecule has 5 unspecified atom stereocenters. The SMILES string of the molecule is CC1(C2CCN(C(=O)CC(N)=O)CC2)SC(C[C@H]2C[C@@H]3CC[C@H]2C3)=NC1=O.CC1(CC2CCN(C(=O)CC(N)=O)CC2)SC(C[C@H]2C[C@@H]3CC[C@H]2C3)=NC1=O.COc1ccccc1[C@H](C)CC1=NC(=O)C(C)(c2ccncc2)S1.COc1ccccc1[C@H](C)N=C1NC(=O)C(C)(C(C)C)S1.C[C@H](CC1=NC(=O)C(C)(C(C)(C)F)S1)c1ccc(F)cc1. The van der Waals surface area contributed by atoms with Crippen molar-refractivity contribution in [2.75, 3.05) is 40.4 Å². The van der Waals surface area contributed by atoms with Crippen LogP contribution in [0.4, 0.5) is 8.78 Å². The maximum atomic E-state index is 14.3. The van der Waals surface area contributed by atoms with Crippen LogP contribution in [0, 0.1) is 59.1 Å². The van der Waals surface area contributed by atoms with E-state index in [9.17, 15) is 51.9 Å². The van der Waals surface area contributed by atoms with Crippen LogP contribution in [-0.4, -0.2) is 158 Å². The number of nitrogens with zero attached hydrogens (tertiary/aromatic N) is 8. The number of hydrogen-bond donors (Lipinski definition) is 3. The second-order valence-electron chi connectivity index (χ2n) is 36.2. The first-order valence-electron chi connectivity index (χ1n) is 42.8. The molecular weight excluding hydrogens is 1630 g/mol. The van der Waals surface area contributed by atoms with Crippen LogP contribution in [0.25, 0.3) is 0 Å². The van der Waals surface area contributed by atoms with Crippen molar-refractivity contribution in [3.63, 3.8) is 0 Å². The van der Waals surface area contributed by atoms with Gasteiger partial charge in [-0.2, -0.15) is 0 Å². The second-order valence-corrected chi connectivity index (χ2v) is 43.7. The number of hydrogen-bond acceptors (Lipinski definition) is 18. The van der Waals surface area contributed by atoms with Crippen molar-refractivity contribution >= 4 is 137 Å². The Morgan fingerprint density at radius 1 is 0.579 bits per heavy atom. The number of nitrogens with one attached hydrogen (secondary N) is 1. The van der Waals surface area contributed by atoms with Gasteiger partial charge in [0.25, 0.3) is 23.6 Å². The molecule has 8 heterocycles. The van der Waals surface area contributed by atoms with Crippen molar-refractivity contribution in [2.24, 2.45) is 89.7 Å². The number of rotatable bonds is 24. The number of carbonyl (C=O) groups is 9. The third-order valence-electron chi connectivity index (χ3n) is 26.9. The van der Waals surface area contributed by atoms with Crippen LogP contribution in [0.2, 0.25) is 0 Å². The van der Waals surface area contributed by atoms with E-state index in [0.717, 1.165) is 136 Å². The van der Waals surface area contributed by atoms with E-state index in [4.69, 9.17) is 20.9 Å². The number of amides is 9. The van der Waals surface area contributed by atoms with Crippen molar-refractivity contribution in [1.29, 1.82) is 0 Å². The number of aliphatic imine (C=N–C) groups is 5. The van der Waals surface area contributed by atoms with Crippen LogP contribution in [-0.2, 0) is 47.9 Å². The predicted octanol–water partition coefficient (Wildman–Crippen LogP) is 17.2. The number of fused-ring (bicyclic) bond motifs is 4. The quantitative estimate of drug-likeness (QED) is 0.0549. The number of primary amides is 2. The fourth-order valence-electron chi connectivity index (χ4n) is 18.7. The number of likely N-dealkylation sites (tertiary alicyclic amines) is 2. The first-order valence-corrected chi connectivity index (χ1v) is 46.9. The highest BCUT2D eigenvalue weighted by atomic mass is 32.2. The number of alkyl halides is 1. The number of nitrogens with two attached hydrogens (primary N) is 2. The molecule has 0 radical (unpaired) electrons. The summed E-state index contributed by atoms with van der Waals surface area (Å²) in [5.41, 5.74) is 12.7. The highest BCUT2D eigenvalue weighted by molar-refractivity contribution is 8.17. The summed E-state index contributed by atoms with van der Waals surface area (Å²) < 4.78 is 34.8. The van der Waals surface area contributed by atoms with E-state index < -0.39 is 47.1 Å². The van der Waals surface area contributed by atoms with Gasteiger partial charge in [-0.05, 0) is 257 Å². The van der Waals surface area contributed by atoms with Gasteiger partial charge >= 0.3 is 0 Å². The van der Waals surface area contributed by atoms with Gasteiger partial charge in [-0.25, -0.2) is 28.8 Å². The molecule has 4 aromatic rings. The number of ether oxygens (including phenoxy) is 2. The van der Waals surface area contributed by atoms with Gasteiger partial charge < -0.3 is 36.1 Å². The maximum Gasteiger partial charge on any atom is 0.267 e. The predicted molar refractivity (Wildman–Crippen MR) is 483 cm³/mol. The lowest BCUT2D eigenvalue weighted by Crippen LogP contribution is -2.46. The minimum Gasteiger partial charge on any atom is -0.496 e. The largest absolute Gasteiger partial charge is 0.496 e. The monoisotopic (exact) mass is 1750 g/mol. The molecule has 4 aliphatic carbocycles. The molecule has 3 saturated heterocycles. The van der Waals surface area contributed by atoms with Gasteiger partial charge in [-0.1, -0.05) is 148 Å². The molecule has 14 atom stereocenters. The van der Waals surface area contributed by atoms with Gasteiger partial charge in [0.1, 0.15) is 59.6 Å². The zero-order valence-corrected chi connectivity index (χ0v) is 76.5. The van der Waals surface area contributed by atoms with E-state index in [2.05, 4.69) is 62.1 Å². The lowest BCUT2D eigenvalue weighted by Gasteiger charge is -2.38. The van der Waals surface area contributed by atoms with E-state index in [1.165, 1.54) is 101 Å². The number of benzene rings is 3. The van der Waals surface area contributed by atoms with Crippen molar-refractivity contribution in [2.45, 2.75) is 252 Å². The lowest BCUT2D eigenvalue weighted by molar-refractivity contribution is -0.138. The molecule has 654 valence electrons. The summed E-state index contributed by atoms with van der Waals surface area (Å²) in [6, 6.07) is 25.8. The minimum absolute atomic E-state index is 0.00701. The number of aromatic nitrogens is 1. The van der Waals surface area contributed by atoms with Crippen LogP contribution >= 0.6 is 58.8 Å². The van der Waals surface area contributed by atoms with Gasteiger partial charge in [-0.3, -0.25) is 53.1 Å². The molecule has 9 amide bonds. The number of amidine groups is 1. The highest BCUT2D eigenvalue weighted by Gasteiger charge is 2.55. The highest BCUT2D eigenvalue weighted by Crippen LogP contribution is 2.55. The number of piperidine rings is 2. The fraction of sp³-hybridized carbons (Fsp3) is 0.598. The summed E-state index contributed by atoms with van der Waals surface area (Å²) in [6.45, 7) is 25.1. The van der Waals surface area contributed by atoms with Crippen LogP contribution in [0.15, 0.2) is 122 Å². The van der Waals surface area contributed by atoms with Gasteiger partial charge in [0, 0.05) is 57.0 Å². The van der Waals surface area contributed by atoms with Crippen molar-refractivity contribution < 1.29 is 61.4 Å². The molecule has 7 fully saturated rings. The number of halogens is 2. The fourth-order valence-corrected chi connectivity index (χ4v) is 25.4. The Morgan fingerprint density at radius 3 is 1.58 bits per heavy atom. The topological polar surface area (TPSA) is 317 Å². The molecule has 1 aromatic heterocycles. The summed E-state index contributed by atoms with van der Waals surface area (Å²) >= 11 is 7.65. The van der Waals surface area contributed by atoms with Crippen LogP contribution in [0.5, 0.6) is 11.5 Å². The Labute approximate surface area is 733 Å². The molecule has 0 spiro atoms. The summed E-state index contributed by atoms with van der Waals surface area (Å²) in [5.74, 6) is 5.61. The van der Waals surface area contributed by atoms with Gasteiger partial charge in [0.15, 0.2) is 5.17 Å². The van der Waals surface area contributed by atoms with Crippen LogP contribution in [0.1, 0.15) is 245 Å². The van der Waals surface area contributed by atoms with Gasteiger partial charge in [0.05, 0.1) is 40.4 Å². The van der Waals surface area contributed by atoms with Crippen molar-refractivity contribution in [1.82, 2.24) is 20.1 Å². The van der Waals surface area contributed by atoms with Crippen LogP contribution < -0.4 is 26.3 Å². The second kappa shape index (κ2) is 40.1. The minimum atomic E-state index is -1.64. The molecule has 11 aliphatic rings. The molecule has 29 heteroatoms. The van der Waals surface area contributed by atoms with Gasteiger partial charge in [0.2, 0.25) is 29.5 Å². The molecule has 4 saturated carbocycles. The summed E-state index contributed by atoms with van der Waals surface area (Å²) in [5, 5.41) is 7.19. The summed E-state index contributed by atoms with van der Waals surface area (Å²) in [4.78, 5) is 137. The van der Waals surface area contributed by atoms with Crippen molar-refractivity contribution in [3.05, 3.63) is 125 Å². The number of methoxy groups -OCH3 is 2. The first-order chi connectivity index (χ1) is 57.2. The zero-order chi connectivity index (χ0) is 87.7. The maximum absolute atomic E-state index is 14.3. The van der Waals surface area contributed by atoms with E-state index in [0.29, 0.717) is 48.7 Å². The summed E-state index contributed by atoms with van der Waals surface area (Å²) in [6.07, 6.45) is 21.3. The smallest absolute Gasteiger partial charge is 0.267 e. The van der Waals surface area contributed by atoms with E-state index in [-0.39, 0.29) is 83.8 Å². The number of carbonyl (C=O) groups excluding carboxylic acids is 9. The van der Waals surface area contributed by atoms with E-state index >= 15 is 0 Å². The number of para-hydroxylation sites is 2. The van der Waals surface area contributed by atoms with E-state index in [1.54, 1.807) is 90.8 Å². The Morgan fingerprint density at radius 2 is 1.07 bits per heavy atom. The van der Waals surface area contributed by atoms with Gasteiger partial charge in [-0.15, -0.1) is 0 Å². The lowest BCUT2D eigenvalue weighted by atomic mass is 9.84. The van der Waals surface area contributed by atoms with E-state index in [1.807, 2.05) is 96.1 Å². The first kappa shape index (κ1) is 94.1. The molecule has 121 heavy (non-hydrogen) atoms. The molecule has 22 nitrogen and oxygen atoms in total. The average Bonchev–Trinajstić information content (AvgIpc) is 1.64. The van der Waals surface area contributed by atoms with Crippen molar-refractivity contribution in [3.8, 4) is 11.5 Å². The average molecular weight is 1760 g/mol. The Bertz CT molecular complexity index is 4650. The Balaban J connectivity index is 0.000000149. The van der Waals surface area contributed by atoms with Crippen LogP contribution in [0.3, 0.4) is 0 Å². The third-order valence-corrected chi connectivity index (χ3v) is 34.0.